The molecule has 0 aromatic heterocycles. The molecule has 0 spiro atoms. The Morgan fingerprint density at radius 3 is 2.02 bits per heavy atom. The first-order chi connectivity index (χ1) is 21.2. The predicted octanol–water partition coefficient (Wildman–Crippen LogP) is 5.97. The molecule has 0 unspecified atom stereocenters. The van der Waals surface area contributed by atoms with Crippen LogP contribution < -0.4 is 14.4 Å². The lowest BCUT2D eigenvalue weighted by molar-refractivity contribution is -0.138. The molecule has 0 aliphatic carbocycles. The number of nitrogens with zero attached hydrogens (tertiary/aromatic N) is 2. The molecule has 1 N–H and O–H groups in total. The highest BCUT2D eigenvalue weighted by molar-refractivity contribution is 7.92. The summed E-state index contributed by atoms with van der Waals surface area (Å²) in [7, 11) is -4.15. The van der Waals surface area contributed by atoms with Gasteiger partial charge < -0.3 is 15.0 Å². The molecule has 0 radical (unpaired) electrons. The van der Waals surface area contributed by atoms with Crippen molar-refractivity contribution in [2.75, 3.05) is 23.9 Å². The van der Waals surface area contributed by atoms with Gasteiger partial charge in [0.1, 0.15) is 24.1 Å². The second-order valence-corrected chi connectivity index (χ2v) is 12.4. The number of rotatable bonds is 14. The van der Waals surface area contributed by atoms with Gasteiger partial charge in [0.25, 0.3) is 10.0 Å². The van der Waals surface area contributed by atoms with Crippen molar-refractivity contribution in [2.45, 2.75) is 44.6 Å². The zero-order valence-electron chi connectivity index (χ0n) is 25.3. The minimum atomic E-state index is -4.15. The first-order valence-electron chi connectivity index (χ1n) is 14.7. The highest BCUT2D eigenvalue weighted by atomic mass is 32.2. The number of amides is 2. The fraction of sp³-hybridized carbons (Fsp3) is 0.257. The number of benzene rings is 4. The van der Waals surface area contributed by atoms with E-state index in [0.717, 1.165) is 21.9 Å². The van der Waals surface area contributed by atoms with Crippen molar-refractivity contribution in [2.24, 2.45) is 0 Å². The largest absolute Gasteiger partial charge is 0.457 e. The topological polar surface area (TPSA) is 96.0 Å². The van der Waals surface area contributed by atoms with Gasteiger partial charge in [-0.05, 0) is 80.8 Å². The normalized spacial score (nSPS) is 11.8. The molecule has 0 aliphatic rings. The highest BCUT2D eigenvalue weighted by Gasteiger charge is 2.32. The Hall–Kier alpha value is -4.63. The van der Waals surface area contributed by atoms with Gasteiger partial charge in [-0.3, -0.25) is 13.9 Å². The standard InChI is InChI=1S/C35H39N3O5S/c1-4-24-36-35(40)28(3)37(25-23-29-11-7-5-8-12-29)34(39)26-38(44(41,42)33-21-15-27(2)16-22-33)30-17-19-32(20-18-30)43-31-13-9-6-10-14-31/h5-22,28H,4,23-26H2,1-3H3,(H,36,40)/t28-/m0/s1. The van der Waals surface area contributed by atoms with E-state index < -0.39 is 28.5 Å². The van der Waals surface area contributed by atoms with Gasteiger partial charge in [0.15, 0.2) is 0 Å². The molecular formula is C35H39N3O5S. The third kappa shape index (κ3) is 8.48. The van der Waals surface area contributed by atoms with E-state index in [2.05, 4.69) is 5.32 Å². The van der Waals surface area contributed by atoms with Crippen molar-refractivity contribution in [1.82, 2.24) is 10.2 Å². The summed E-state index contributed by atoms with van der Waals surface area (Å²) in [6.07, 6.45) is 1.26. The zero-order chi connectivity index (χ0) is 31.5. The Bertz CT molecular complexity index is 1610. The molecule has 9 heteroatoms. The van der Waals surface area contributed by atoms with Gasteiger partial charge in [-0.2, -0.15) is 0 Å². The summed E-state index contributed by atoms with van der Waals surface area (Å²) in [5, 5.41) is 2.86. The Kier molecular flexibility index (Phi) is 11.2. The number of sulfonamides is 1. The number of anilines is 1. The van der Waals surface area contributed by atoms with Gasteiger partial charge in [0.2, 0.25) is 11.8 Å². The number of aryl methyl sites for hydroxylation is 1. The summed E-state index contributed by atoms with van der Waals surface area (Å²) >= 11 is 0. The summed E-state index contributed by atoms with van der Waals surface area (Å²) in [5.74, 6) is 0.387. The lowest BCUT2D eigenvalue weighted by Gasteiger charge is -2.32. The van der Waals surface area contributed by atoms with Gasteiger partial charge in [-0.1, -0.05) is 73.2 Å². The molecule has 4 aromatic carbocycles. The number of nitrogens with one attached hydrogen (secondary N) is 1. The second kappa shape index (κ2) is 15.2. The molecule has 0 bridgehead atoms. The number of hydrogen-bond acceptors (Lipinski definition) is 5. The maximum absolute atomic E-state index is 14.0. The average Bonchev–Trinajstić information content (AvgIpc) is 3.04. The van der Waals surface area contributed by atoms with Crippen LogP contribution in [-0.4, -0.2) is 50.8 Å². The van der Waals surface area contributed by atoms with Crippen molar-refractivity contribution < 1.29 is 22.7 Å². The first kappa shape index (κ1) is 32.3. The number of para-hydroxylation sites is 1. The van der Waals surface area contributed by atoms with Crippen LogP contribution in [0, 0.1) is 6.92 Å². The summed E-state index contributed by atoms with van der Waals surface area (Å²) in [5.41, 5.74) is 2.21. The zero-order valence-corrected chi connectivity index (χ0v) is 26.2. The molecule has 0 saturated carbocycles. The second-order valence-electron chi connectivity index (χ2n) is 10.5. The summed E-state index contributed by atoms with van der Waals surface area (Å²) in [4.78, 5) is 28.5. The maximum atomic E-state index is 14.0. The van der Waals surface area contributed by atoms with E-state index in [1.807, 2.05) is 74.5 Å². The van der Waals surface area contributed by atoms with Crippen LogP contribution in [0.5, 0.6) is 11.5 Å². The third-order valence-corrected chi connectivity index (χ3v) is 8.98. The van der Waals surface area contributed by atoms with Crippen LogP contribution in [0.4, 0.5) is 5.69 Å². The molecule has 0 saturated heterocycles. The smallest absolute Gasteiger partial charge is 0.264 e. The van der Waals surface area contributed by atoms with Crippen LogP contribution in [0.1, 0.15) is 31.4 Å². The van der Waals surface area contributed by atoms with E-state index in [4.69, 9.17) is 4.74 Å². The lowest BCUT2D eigenvalue weighted by atomic mass is 10.1. The Morgan fingerprint density at radius 2 is 1.41 bits per heavy atom. The lowest BCUT2D eigenvalue weighted by Crippen LogP contribution is -2.52. The fourth-order valence-electron chi connectivity index (χ4n) is 4.64. The molecule has 8 nitrogen and oxygen atoms in total. The maximum Gasteiger partial charge on any atom is 0.264 e. The first-order valence-corrected chi connectivity index (χ1v) is 16.2. The van der Waals surface area contributed by atoms with Crippen LogP contribution in [0.15, 0.2) is 114 Å². The van der Waals surface area contributed by atoms with Crippen LogP contribution >= 0.6 is 0 Å². The van der Waals surface area contributed by atoms with Gasteiger partial charge >= 0.3 is 0 Å². The van der Waals surface area contributed by atoms with Crippen molar-refractivity contribution in [3.63, 3.8) is 0 Å². The van der Waals surface area contributed by atoms with Crippen molar-refractivity contribution in [3.05, 3.63) is 120 Å². The minimum absolute atomic E-state index is 0.0603. The molecule has 1 atom stereocenters. The summed E-state index contributed by atoms with van der Waals surface area (Å²) in [6.45, 7) is 5.73. The van der Waals surface area contributed by atoms with Gasteiger partial charge in [-0.25, -0.2) is 8.42 Å². The van der Waals surface area contributed by atoms with Gasteiger partial charge in [0, 0.05) is 13.1 Å². The molecule has 4 aromatic rings. The van der Waals surface area contributed by atoms with E-state index in [1.165, 1.54) is 17.0 Å². The molecule has 0 aliphatic heterocycles. The van der Waals surface area contributed by atoms with E-state index in [0.29, 0.717) is 30.2 Å². The highest BCUT2D eigenvalue weighted by Crippen LogP contribution is 2.28. The molecule has 4 rings (SSSR count). The molecule has 0 heterocycles. The van der Waals surface area contributed by atoms with Gasteiger partial charge in [-0.15, -0.1) is 0 Å². The number of carbonyl (C=O) groups is 2. The minimum Gasteiger partial charge on any atom is -0.457 e. The van der Waals surface area contributed by atoms with E-state index in [9.17, 15) is 18.0 Å². The number of carbonyl (C=O) groups excluding carboxylic acids is 2. The molecular weight excluding hydrogens is 574 g/mol. The van der Waals surface area contributed by atoms with Crippen LogP contribution in [0.25, 0.3) is 0 Å². The quantitative estimate of drug-likeness (QED) is 0.189. The van der Waals surface area contributed by atoms with E-state index in [-0.39, 0.29) is 17.3 Å². The number of ether oxygens (including phenoxy) is 1. The van der Waals surface area contributed by atoms with Crippen molar-refractivity contribution in [3.8, 4) is 11.5 Å². The molecule has 44 heavy (non-hydrogen) atoms. The van der Waals surface area contributed by atoms with E-state index in [1.54, 1.807) is 43.3 Å². The molecule has 0 fully saturated rings. The van der Waals surface area contributed by atoms with Crippen LogP contribution in [0.2, 0.25) is 0 Å². The third-order valence-electron chi connectivity index (χ3n) is 7.19. The SMILES string of the molecule is CCCNC(=O)[C@H](C)N(CCc1ccccc1)C(=O)CN(c1ccc(Oc2ccccc2)cc1)S(=O)(=O)c1ccc(C)cc1. The average molecular weight is 614 g/mol. The monoisotopic (exact) mass is 613 g/mol. The van der Waals surface area contributed by atoms with Crippen LogP contribution in [-0.2, 0) is 26.0 Å². The fourth-order valence-corrected chi connectivity index (χ4v) is 6.05. The van der Waals surface area contributed by atoms with Crippen molar-refractivity contribution >= 4 is 27.5 Å². The van der Waals surface area contributed by atoms with E-state index >= 15 is 0 Å². The molecule has 2 amide bonds. The van der Waals surface area contributed by atoms with Crippen LogP contribution in [0.3, 0.4) is 0 Å². The predicted molar refractivity (Wildman–Crippen MR) is 173 cm³/mol. The van der Waals surface area contributed by atoms with Crippen molar-refractivity contribution in [1.29, 1.82) is 0 Å². The number of hydrogen-bond donors (Lipinski definition) is 1. The Labute approximate surface area is 260 Å². The van der Waals surface area contributed by atoms with Gasteiger partial charge in [0.05, 0.1) is 10.6 Å². The summed E-state index contributed by atoms with van der Waals surface area (Å²) < 4.78 is 35.1. The molecule has 230 valence electrons. The Balaban J connectivity index is 1.66. The Morgan fingerprint density at radius 1 is 0.818 bits per heavy atom. The summed E-state index contributed by atoms with van der Waals surface area (Å²) in [6, 6.07) is 31.2.